The van der Waals surface area contributed by atoms with E-state index in [0.29, 0.717) is 36.5 Å². The first kappa shape index (κ1) is 32.1. The van der Waals surface area contributed by atoms with Gasteiger partial charge in [0.25, 0.3) is 0 Å². The van der Waals surface area contributed by atoms with Crippen LogP contribution in [-0.4, -0.2) is 91.4 Å². The van der Waals surface area contributed by atoms with Crippen molar-refractivity contribution in [3.63, 3.8) is 0 Å². The molecule has 4 fully saturated rings. The molecule has 2 bridgehead atoms. The number of ether oxygens (including phenoxy) is 3. The van der Waals surface area contributed by atoms with E-state index in [1.807, 2.05) is 49.4 Å². The molecule has 6 heterocycles. The fourth-order valence-corrected chi connectivity index (χ4v) is 7.62. The molecule has 3 saturated heterocycles. The molecule has 8 rings (SSSR count). The summed E-state index contributed by atoms with van der Waals surface area (Å²) in [5.74, 6) is -0.0494. The van der Waals surface area contributed by atoms with Crippen molar-refractivity contribution >= 4 is 33.7 Å². The van der Waals surface area contributed by atoms with Crippen LogP contribution in [0.1, 0.15) is 77.5 Å². The number of carbonyl (C=O) groups is 1. The number of piperazine rings is 1. The third-order valence-electron chi connectivity index (χ3n) is 10.5. The molecule has 0 radical (unpaired) electrons. The molecule has 1 aromatic carbocycles. The van der Waals surface area contributed by atoms with Crippen molar-refractivity contribution in [2.45, 2.75) is 96.6 Å². The van der Waals surface area contributed by atoms with Gasteiger partial charge in [-0.2, -0.15) is 15.1 Å². The van der Waals surface area contributed by atoms with Gasteiger partial charge in [-0.15, -0.1) is 0 Å². The monoisotopic (exact) mass is 673 g/mol. The van der Waals surface area contributed by atoms with Gasteiger partial charge in [-0.05, 0) is 84.3 Å². The minimum Gasteiger partial charge on any atom is -0.463 e. The zero-order valence-electron chi connectivity index (χ0n) is 28.6. The van der Waals surface area contributed by atoms with Gasteiger partial charge in [0.05, 0.1) is 42.4 Å². The number of hydrogen-bond donors (Lipinski definition) is 1. The van der Waals surface area contributed by atoms with Crippen LogP contribution in [0.25, 0.3) is 33.1 Å². The number of nitrogens with zero attached hydrogens (tertiary/aromatic N) is 7. The summed E-state index contributed by atoms with van der Waals surface area (Å²) in [5, 5.41) is 15.9. The Hall–Kier alpha value is -4.10. The lowest BCUT2D eigenvalue weighted by atomic mass is 9.99. The van der Waals surface area contributed by atoms with Crippen LogP contribution in [-0.2, 0) is 9.47 Å². The molecule has 3 aliphatic heterocycles. The second-order valence-electron chi connectivity index (χ2n) is 15.2. The standard InChI is InChI=1S/C36H44FN7O5/c1-21-8-11-26-24(16-39-44(26)27-7-5-6-14-47-27)28(21)31-29(37)30-25(15-38-31)32(41-33(40-30)48-20-36(19-45)12-13-36)42-17-22-9-10-23(18-42)43(22)34(46)49-35(2,3)4/h8,11,15-16,22-23,27,45H,5-7,9-10,12-14,17-20H2,1-4H3. The number of pyridine rings is 1. The second kappa shape index (κ2) is 12.0. The first-order chi connectivity index (χ1) is 23.5. The number of benzene rings is 1. The first-order valence-corrected chi connectivity index (χ1v) is 17.5. The number of amides is 1. The molecule has 0 spiro atoms. The predicted octanol–water partition coefficient (Wildman–Crippen LogP) is 5.93. The summed E-state index contributed by atoms with van der Waals surface area (Å²) in [6.45, 7) is 9.51. The molecule has 260 valence electrons. The average Bonchev–Trinajstić information content (AvgIpc) is 3.66. The van der Waals surface area contributed by atoms with Crippen LogP contribution >= 0.6 is 0 Å². The summed E-state index contributed by atoms with van der Waals surface area (Å²) in [6, 6.07) is 3.87. The lowest BCUT2D eigenvalue weighted by molar-refractivity contribution is -0.0366. The van der Waals surface area contributed by atoms with Gasteiger partial charge < -0.3 is 24.2 Å². The molecular formula is C36H44FN7O5. The van der Waals surface area contributed by atoms with Crippen LogP contribution in [0.5, 0.6) is 6.01 Å². The maximum Gasteiger partial charge on any atom is 0.410 e. The fourth-order valence-electron chi connectivity index (χ4n) is 7.62. The van der Waals surface area contributed by atoms with E-state index < -0.39 is 11.4 Å². The minimum absolute atomic E-state index is 0.00865. The highest BCUT2D eigenvalue weighted by Crippen LogP contribution is 2.45. The predicted molar refractivity (Wildman–Crippen MR) is 181 cm³/mol. The summed E-state index contributed by atoms with van der Waals surface area (Å²) in [4.78, 5) is 31.3. The van der Waals surface area contributed by atoms with Crippen molar-refractivity contribution < 1.29 is 28.5 Å². The zero-order chi connectivity index (χ0) is 34.1. The van der Waals surface area contributed by atoms with Crippen LogP contribution < -0.4 is 9.64 Å². The van der Waals surface area contributed by atoms with E-state index in [-0.39, 0.29) is 60.3 Å². The maximum atomic E-state index is 17.0. The van der Waals surface area contributed by atoms with Crippen molar-refractivity contribution in [3.05, 3.63) is 35.9 Å². The van der Waals surface area contributed by atoms with Crippen LogP contribution in [0.15, 0.2) is 24.5 Å². The third kappa shape index (κ3) is 5.84. The smallest absolute Gasteiger partial charge is 0.410 e. The molecule has 49 heavy (non-hydrogen) atoms. The van der Waals surface area contributed by atoms with E-state index in [2.05, 4.69) is 15.0 Å². The molecular weight excluding hydrogens is 629 g/mol. The van der Waals surface area contributed by atoms with Crippen molar-refractivity contribution in [1.82, 2.24) is 29.6 Å². The van der Waals surface area contributed by atoms with Crippen LogP contribution in [0.4, 0.5) is 15.0 Å². The van der Waals surface area contributed by atoms with E-state index in [1.54, 1.807) is 12.4 Å². The molecule has 1 saturated carbocycles. The molecule has 1 amide bonds. The number of carbonyl (C=O) groups excluding carboxylic acids is 1. The highest BCUT2D eigenvalue weighted by atomic mass is 19.1. The van der Waals surface area contributed by atoms with Crippen LogP contribution in [0.3, 0.4) is 0 Å². The maximum absolute atomic E-state index is 17.0. The number of rotatable bonds is 7. The summed E-state index contributed by atoms with van der Waals surface area (Å²) in [7, 11) is 0. The number of fused-ring (bicyclic) bond motifs is 4. The number of anilines is 1. The Kier molecular flexibility index (Phi) is 7.90. The molecule has 1 N–H and O–H groups in total. The SMILES string of the molecule is Cc1ccc2c(cnn2C2CCCCO2)c1-c1ncc2c(N3CC4CCC(C3)N4C(=O)OC(C)(C)C)nc(OCC3(CO)CC3)nc2c1F. The van der Waals surface area contributed by atoms with Gasteiger partial charge in [0.1, 0.15) is 22.6 Å². The number of aryl methyl sites for hydroxylation is 1. The summed E-state index contributed by atoms with van der Waals surface area (Å²) in [6.07, 6.45) is 9.30. The Morgan fingerprint density at radius 1 is 1.08 bits per heavy atom. The summed E-state index contributed by atoms with van der Waals surface area (Å²) in [5.41, 5.74) is 1.76. The molecule has 1 aliphatic carbocycles. The van der Waals surface area contributed by atoms with Gasteiger partial charge in [0, 0.05) is 42.3 Å². The molecule has 13 heteroatoms. The molecule has 4 aromatic rings. The Balaban J connectivity index is 1.19. The van der Waals surface area contributed by atoms with E-state index >= 15 is 4.39 Å². The summed E-state index contributed by atoms with van der Waals surface area (Å²) < 4.78 is 36.8. The Bertz CT molecular complexity index is 1900. The van der Waals surface area contributed by atoms with Crippen molar-refractivity contribution in [1.29, 1.82) is 0 Å². The number of halogens is 1. The largest absolute Gasteiger partial charge is 0.463 e. The van der Waals surface area contributed by atoms with Gasteiger partial charge in [-0.25, -0.2) is 13.9 Å². The molecule has 4 aliphatic rings. The highest BCUT2D eigenvalue weighted by Gasteiger charge is 2.46. The van der Waals surface area contributed by atoms with Crippen molar-refractivity contribution in [2.24, 2.45) is 5.41 Å². The lowest BCUT2D eigenvalue weighted by Crippen LogP contribution is -2.57. The Labute approximate surface area is 284 Å². The molecule has 12 nitrogen and oxygen atoms in total. The molecule has 3 unspecified atom stereocenters. The van der Waals surface area contributed by atoms with Gasteiger partial charge >= 0.3 is 12.1 Å². The second-order valence-corrected chi connectivity index (χ2v) is 15.2. The van der Waals surface area contributed by atoms with E-state index in [1.165, 1.54) is 0 Å². The van der Waals surface area contributed by atoms with Crippen molar-refractivity contribution in [3.8, 4) is 17.3 Å². The number of hydrogen-bond acceptors (Lipinski definition) is 10. The van der Waals surface area contributed by atoms with Gasteiger partial charge in [0.2, 0.25) is 0 Å². The normalized spacial score (nSPS) is 23.3. The van der Waals surface area contributed by atoms with Crippen molar-refractivity contribution in [2.75, 3.05) is 37.8 Å². The van der Waals surface area contributed by atoms with E-state index in [4.69, 9.17) is 24.2 Å². The Morgan fingerprint density at radius 3 is 2.53 bits per heavy atom. The fraction of sp³-hybridized carbons (Fsp3) is 0.583. The topological polar surface area (TPSA) is 128 Å². The van der Waals surface area contributed by atoms with Gasteiger partial charge in [-0.1, -0.05) is 6.07 Å². The average molecular weight is 674 g/mol. The number of aliphatic hydroxyl groups excluding tert-OH is 1. The van der Waals surface area contributed by atoms with Gasteiger partial charge in [0.15, 0.2) is 12.0 Å². The zero-order valence-corrected chi connectivity index (χ0v) is 28.6. The molecule has 3 aromatic heterocycles. The third-order valence-corrected chi connectivity index (χ3v) is 10.5. The number of aromatic nitrogens is 5. The lowest BCUT2D eigenvalue weighted by Gasteiger charge is -2.42. The minimum atomic E-state index is -0.595. The first-order valence-electron chi connectivity index (χ1n) is 17.5. The number of aliphatic hydroxyl groups is 1. The van der Waals surface area contributed by atoms with Gasteiger partial charge in [-0.3, -0.25) is 9.88 Å². The highest BCUT2D eigenvalue weighted by molar-refractivity contribution is 5.99. The van der Waals surface area contributed by atoms with Crippen LogP contribution in [0.2, 0.25) is 0 Å². The molecule has 3 atom stereocenters. The Morgan fingerprint density at radius 2 is 1.86 bits per heavy atom. The quantitative estimate of drug-likeness (QED) is 0.252. The van der Waals surface area contributed by atoms with E-state index in [9.17, 15) is 9.90 Å². The van der Waals surface area contributed by atoms with Crippen LogP contribution in [0, 0.1) is 18.2 Å². The van der Waals surface area contributed by atoms with E-state index in [0.717, 1.165) is 61.4 Å². The summed E-state index contributed by atoms with van der Waals surface area (Å²) >= 11 is 0.